The third-order valence-corrected chi connectivity index (χ3v) is 2.86. The Morgan fingerprint density at radius 3 is 2.82 bits per heavy atom. The highest BCUT2D eigenvalue weighted by atomic mass is 35.5. The van der Waals surface area contributed by atoms with Crippen LogP contribution in [0.4, 0.5) is 5.69 Å². The van der Waals surface area contributed by atoms with Gasteiger partial charge in [-0.1, -0.05) is 6.07 Å². The molecule has 0 unspecified atom stereocenters. The van der Waals surface area contributed by atoms with Gasteiger partial charge in [0, 0.05) is 31.1 Å². The number of benzene rings is 1. The molecule has 1 amide bonds. The topological polar surface area (TPSA) is 29.5 Å². The third kappa shape index (κ3) is 4.27. The fraction of sp³-hybridized carbons (Fsp3) is 0.462. The molecule has 4 heteroatoms. The summed E-state index contributed by atoms with van der Waals surface area (Å²) in [7, 11) is 3.39. The van der Waals surface area contributed by atoms with Gasteiger partial charge in [0.1, 0.15) is 5.75 Å². The van der Waals surface area contributed by atoms with Crippen molar-refractivity contribution in [3.63, 3.8) is 0 Å². The molecule has 0 fully saturated rings. The number of carbonyl (C=O) groups is 1. The van der Waals surface area contributed by atoms with Gasteiger partial charge < -0.3 is 9.64 Å². The van der Waals surface area contributed by atoms with E-state index in [4.69, 9.17) is 16.3 Å². The molecule has 0 aliphatic heterocycles. The van der Waals surface area contributed by atoms with Gasteiger partial charge in [0.25, 0.3) is 0 Å². The molecule has 3 nitrogen and oxygen atoms in total. The molecule has 0 aliphatic rings. The van der Waals surface area contributed by atoms with Crippen molar-refractivity contribution in [3.8, 4) is 5.75 Å². The van der Waals surface area contributed by atoms with Gasteiger partial charge in [-0.2, -0.15) is 0 Å². The van der Waals surface area contributed by atoms with E-state index < -0.39 is 0 Å². The van der Waals surface area contributed by atoms with Crippen molar-refractivity contribution >= 4 is 23.2 Å². The van der Waals surface area contributed by atoms with Crippen LogP contribution < -0.4 is 9.64 Å². The first kappa shape index (κ1) is 13.8. The number of methoxy groups -OCH3 is 1. The number of amides is 1. The van der Waals surface area contributed by atoms with Crippen LogP contribution in [0.2, 0.25) is 0 Å². The molecule has 0 spiro atoms. The monoisotopic (exact) mass is 255 g/mol. The van der Waals surface area contributed by atoms with Crippen LogP contribution in [-0.2, 0) is 4.79 Å². The fourth-order valence-electron chi connectivity index (χ4n) is 1.50. The largest absolute Gasteiger partial charge is 0.497 e. The van der Waals surface area contributed by atoms with Crippen molar-refractivity contribution in [2.75, 3.05) is 24.9 Å². The van der Waals surface area contributed by atoms with E-state index in [0.717, 1.165) is 24.3 Å². The van der Waals surface area contributed by atoms with Gasteiger partial charge in [-0.05, 0) is 25.0 Å². The molecule has 0 saturated heterocycles. The highest BCUT2D eigenvalue weighted by molar-refractivity contribution is 6.17. The van der Waals surface area contributed by atoms with Crippen molar-refractivity contribution in [1.29, 1.82) is 0 Å². The molecule has 0 bridgehead atoms. The minimum absolute atomic E-state index is 0.100. The summed E-state index contributed by atoms with van der Waals surface area (Å²) in [4.78, 5) is 13.5. The Kier molecular flexibility index (Phi) is 5.84. The second-order valence-corrected chi connectivity index (χ2v) is 4.18. The summed E-state index contributed by atoms with van der Waals surface area (Å²) in [6, 6.07) is 7.47. The number of hydrogen-bond acceptors (Lipinski definition) is 2. The number of rotatable bonds is 6. The Hall–Kier alpha value is -1.22. The van der Waals surface area contributed by atoms with Crippen molar-refractivity contribution in [1.82, 2.24) is 0 Å². The first-order valence-electron chi connectivity index (χ1n) is 5.65. The number of carbonyl (C=O) groups excluding carboxylic acids is 1. The van der Waals surface area contributed by atoms with E-state index in [2.05, 4.69) is 0 Å². The lowest BCUT2D eigenvalue weighted by Gasteiger charge is -2.17. The SMILES string of the molecule is COc1cccc(N(C)C(=O)CCCCCl)c1. The molecule has 1 aromatic carbocycles. The normalized spacial score (nSPS) is 10.1. The smallest absolute Gasteiger partial charge is 0.226 e. The molecule has 0 aliphatic carbocycles. The van der Waals surface area contributed by atoms with Gasteiger partial charge in [0.05, 0.1) is 7.11 Å². The summed E-state index contributed by atoms with van der Waals surface area (Å²) in [5.74, 6) is 1.46. The number of unbranched alkanes of at least 4 members (excludes halogenated alkanes) is 1. The second kappa shape index (κ2) is 7.17. The molecule has 0 heterocycles. The molecule has 0 radical (unpaired) electrons. The molecule has 0 N–H and O–H groups in total. The summed E-state index contributed by atoms with van der Waals surface area (Å²) in [5, 5.41) is 0. The molecular weight excluding hydrogens is 238 g/mol. The number of nitrogens with zero attached hydrogens (tertiary/aromatic N) is 1. The highest BCUT2D eigenvalue weighted by Gasteiger charge is 2.10. The van der Waals surface area contributed by atoms with E-state index in [0.29, 0.717) is 12.3 Å². The van der Waals surface area contributed by atoms with Crippen molar-refractivity contribution in [3.05, 3.63) is 24.3 Å². The zero-order valence-electron chi connectivity index (χ0n) is 10.3. The summed E-state index contributed by atoms with van der Waals surface area (Å²) in [6.45, 7) is 0. The maximum Gasteiger partial charge on any atom is 0.226 e. The average molecular weight is 256 g/mol. The van der Waals surface area contributed by atoms with Gasteiger partial charge in [0.15, 0.2) is 0 Å². The highest BCUT2D eigenvalue weighted by Crippen LogP contribution is 2.20. The summed E-state index contributed by atoms with van der Waals surface area (Å²) < 4.78 is 5.13. The maximum absolute atomic E-state index is 11.9. The van der Waals surface area contributed by atoms with Crippen LogP contribution >= 0.6 is 11.6 Å². The standard InChI is InChI=1S/C13H18ClNO2/c1-15(13(16)8-3-4-9-14)11-6-5-7-12(10-11)17-2/h5-7,10H,3-4,8-9H2,1-2H3. The summed E-state index contributed by atoms with van der Waals surface area (Å²) >= 11 is 5.58. The first-order valence-corrected chi connectivity index (χ1v) is 6.19. The predicted octanol–water partition coefficient (Wildman–Crippen LogP) is 3.07. The minimum Gasteiger partial charge on any atom is -0.497 e. The molecule has 17 heavy (non-hydrogen) atoms. The van der Waals surface area contributed by atoms with E-state index in [-0.39, 0.29) is 5.91 Å². The lowest BCUT2D eigenvalue weighted by Crippen LogP contribution is -2.25. The van der Waals surface area contributed by atoms with Gasteiger partial charge >= 0.3 is 0 Å². The van der Waals surface area contributed by atoms with E-state index in [1.165, 1.54) is 0 Å². The van der Waals surface area contributed by atoms with Crippen LogP contribution in [0.3, 0.4) is 0 Å². The Labute approximate surface area is 107 Å². The third-order valence-electron chi connectivity index (χ3n) is 2.59. The van der Waals surface area contributed by atoms with Crippen molar-refractivity contribution in [2.24, 2.45) is 0 Å². The minimum atomic E-state index is 0.100. The molecule has 1 aromatic rings. The maximum atomic E-state index is 11.9. The van der Waals surface area contributed by atoms with Crippen molar-refractivity contribution < 1.29 is 9.53 Å². The molecule has 94 valence electrons. The van der Waals surface area contributed by atoms with Gasteiger partial charge in [-0.3, -0.25) is 4.79 Å². The number of halogens is 1. The Morgan fingerprint density at radius 2 is 2.18 bits per heavy atom. The molecular formula is C13H18ClNO2. The van der Waals surface area contributed by atoms with E-state index >= 15 is 0 Å². The number of anilines is 1. The quantitative estimate of drug-likeness (QED) is 0.578. The van der Waals surface area contributed by atoms with E-state index in [1.54, 1.807) is 19.1 Å². The predicted molar refractivity (Wildman–Crippen MR) is 71.0 cm³/mol. The molecule has 0 atom stereocenters. The number of ether oxygens (including phenoxy) is 1. The molecule has 1 rings (SSSR count). The Balaban J connectivity index is 2.61. The van der Waals surface area contributed by atoms with Crippen LogP contribution in [0.15, 0.2) is 24.3 Å². The van der Waals surface area contributed by atoms with Gasteiger partial charge in [-0.15, -0.1) is 11.6 Å². The first-order chi connectivity index (χ1) is 8.19. The zero-order chi connectivity index (χ0) is 12.7. The zero-order valence-corrected chi connectivity index (χ0v) is 11.0. The van der Waals surface area contributed by atoms with Crippen LogP contribution in [0, 0.1) is 0 Å². The number of alkyl halides is 1. The van der Waals surface area contributed by atoms with Gasteiger partial charge in [-0.25, -0.2) is 0 Å². The van der Waals surface area contributed by atoms with Crippen LogP contribution in [0.5, 0.6) is 5.75 Å². The molecule has 0 saturated carbocycles. The Bertz CT molecular complexity index is 368. The van der Waals surface area contributed by atoms with Crippen molar-refractivity contribution in [2.45, 2.75) is 19.3 Å². The van der Waals surface area contributed by atoms with Crippen LogP contribution in [-0.4, -0.2) is 25.9 Å². The lowest BCUT2D eigenvalue weighted by molar-refractivity contribution is -0.118. The summed E-state index contributed by atoms with van der Waals surface area (Å²) in [6.07, 6.45) is 2.23. The Morgan fingerprint density at radius 1 is 1.41 bits per heavy atom. The van der Waals surface area contributed by atoms with E-state index in [1.807, 2.05) is 24.3 Å². The van der Waals surface area contributed by atoms with Crippen LogP contribution in [0.25, 0.3) is 0 Å². The van der Waals surface area contributed by atoms with E-state index in [9.17, 15) is 4.79 Å². The van der Waals surface area contributed by atoms with Crippen LogP contribution in [0.1, 0.15) is 19.3 Å². The summed E-state index contributed by atoms with van der Waals surface area (Å²) in [5.41, 5.74) is 0.847. The number of hydrogen-bond donors (Lipinski definition) is 0. The lowest BCUT2D eigenvalue weighted by atomic mass is 10.2. The average Bonchev–Trinajstić information content (AvgIpc) is 2.38. The second-order valence-electron chi connectivity index (χ2n) is 3.80. The molecule has 0 aromatic heterocycles. The fourth-order valence-corrected chi connectivity index (χ4v) is 1.69. The van der Waals surface area contributed by atoms with Gasteiger partial charge in [0.2, 0.25) is 5.91 Å².